The Balaban J connectivity index is 4.43. The molecule has 0 aliphatic rings. The van der Waals surface area contributed by atoms with E-state index in [0.29, 0.717) is 5.41 Å². The van der Waals surface area contributed by atoms with Gasteiger partial charge in [-0.25, -0.2) is 0 Å². The van der Waals surface area contributed by atoms with Crippen molar-refractivity contribution in [3.8, 4) is 0 Å². The van der Waals surface area contributed by atoms with Crippen LogP contribution in [-0.2, 0) is 0 Å². The Hall–Kier alpha value is 0.177. The Kier molecular flexibility index (Phi) is 3.33. The van der Waals surface area contributed by atoms with Crippen LogP contribution in [0.4, 0.5) is 0 Å². The summed E-state index contributed by atoms with van der Waals surface area (Å²) in [6.07, 6.45) is 1.22. The van der Waals surface area contributed by atoms with Crippen LogP contribution in [0, 0.1) is 5.41 Å². The minimum absolute atomic E-state index is 0.388. The molecule has 1 nitrogen and oxygen atoms in total. The molecule has 0 saturated heterocycles. The van der Waals surface area contributed by atoms with Crippen LogP contribution in [0.1, 0.15) is 34.1 Å². The van der Waals surface area contributed by atoms with Crippen molar-refractivity contribution >= 4 is 8.24 Å². The summed E-state index contributed by atoms with van der Waals surface area (Å²) in [6.45, 7) is 13.6. The molecule has 0 aliphatic carbocycles. The van der Waals surface area contributed by atoms with Crippen molar-refractivity contribution in [2.24, 2.45) is 10.8 Å². The quantitative estimate of drug-likeness (QED) is 0.638. The van der Waals surface area contributed by atoms with E-state index in [1.165, 1.54) is 6.42 Å². The van der Waals surface area contributed by atoms with Gasteiger partial charge in [-0.05, 0) is 11.0 Å². The van der Waals surface area contributed by atoms with Crippen molar-refractivity contribution < 1.29 is 0 Å². The summed E-state index contributed by atoms with van der Waals surface area (Å²) < 4.78 is 0. The van der Waals surface area contributed by atoms with Crippen molar-refractivity contribution in [2.45, 2.75) is 52.8 Å². The third-order valence-electron chi connectivity index (χ3n) is 2.35. The molecular weight excluding hydrogens is 150 g/mol. The Morgan fingerprint density at radius 1 is 1.27 bits per heavy atom. The van der Waals surface area contributed by atoms with Gasteiger partial charge in [0.05, 0.1) is 0 Å². The largest absolute Gasteiger partial charge is 0.351 e. The van der Waals surface area contributed by atoms with Gasteiger partial charge in [0.25, 0.3) is 0 Å². The van der Waals surface area contributed by atoms with E-state index in [4.69, 9.17) is 5.40 Å². The van der Waals surface area contributed by atoms with E-state index in [9.17, 15) is 0 Å². The summed E-state index contributed by atoms with van der Waals surface area (Å²) in [6, 6.07) is 0. The molecule has 0 bridgehead atoms. The van der Waals surface area contributed by atoms with Crippen molar-refractivity contribution in [2.75, 3.05) is 0 Å². The molecule has 0 fully saturated rings. The SMILES string of the molecule is CCC(C(C)(C)C)[Si](C)(C)N. The number of nitrogens with two attached hydrogens (primary N) is 1. The Labute approximate surface area is 72.5 Å². The molecule has 1 atom stereocenters. The van der Waals surface area contributed by atoms with Crippen LogP contribution in [0.25, 0.3) is 0 Å². The Morgan fingerprint density at radius 3 is 1.64 bits per heavy atom. The highest BCUT2D eigenvalue weighted by Gasteiger charge is 2.35. The second-order valence-electron chi connectivity index (χ2n) is 5.15. The second-order valence-corrected chi connectivity index (χ2v) is 9.49. The van der Waals surface area contributed by atoms with Gasteiger partial charge in [-0.15, -0.1) is 0 Å². The lowest BCUT2D eigenvalue weighted by Gasteiger charge is -2.38. The molecule has 0 amide bonds. The van der Waals surface area contributed by atoms with Gasteiger partial charge in [-0.1, -0.05) is 47.2 Å². The van der Waals surface area contributed by atoms with Crippen LogP contribution in [0.15, 0.2) is 0 Å². The van der Waals surface area contributed by atoms with Crippen LogP contribution in [0.5, 0.6) is 0 Å². The summed E-state index contributed by atoms with van der Waals surface area (Å²) in [5.74, 6) is 0. The zero-order valence-corrected chi connectivity index (χ0v) is 9.86. The number of hydrogen-bond acceptors (Lipinski definition) is 1. The van der Waals surface area contributed by atoms with Gasteiger partial charge >= 0.3 is 0 Å². The van der Waals surface area contributed by atoms with Crippen LogP contribution in [0.2, 0.25) is 18.6 Å². The molecule has 0 saturated carbocycles. The summed E-state index contributed by atoms with van der Waals surface area (Å²) in [5, 5.41) is 6.22. The number of rotatable bonds is 2. The molecule has 0 heterocycles. The predicted octanol–water partition coefficient (Wildman–Crippen LogP) is 2.98. The molecule has 0 aromatic heterocycles. The zero-order chi connectivity index (χ0) is 9.28. The molecule has 0 spiro atoms. The van der Waals surface area contributed by atoms with Crippen LogP contribution < -0.4 is 5.40 Å². The molecule has 1 unspecified atom stereocenters. The molecule has 2 N–H and O–H groups in total. The summed E-state index contributed by atoms with van der Waals surface area (Å²) in [5.41, 5.74) is 1.12. The van der Waals surface area contributed by atoms with Gasteiger partial charge in [0.15, 0.2) is 0 Å². The van der Waals surface area contributed by atoms with E-state index in [2.05, 4.69) is 40.8 Å². The van der Waals surface area contributed by atoms with Gasteiger partial charge < -0.3 is 5.40 Å². The van der Waals surface area contributed by atoms with E-state index in [-0.39, 0.29) is 0 Å². The fourth-order valence-electron chi connectivity index (χ4n) is 2.25. The smallest absolute Gasteiger partial charge is 0.120 e. The maximum Gasteiger partial charge on any atom is 0.120 e. The molecular formula is C9H23NSi. The number of hydrogen-bond donors (Lipinski definition) is 1. The Morgan fingerprint density at radius 2 is 1.64 bits per heavy atom. The first-order chi connectivity index (χ1) is 4.69. The fourth-order valence-corrected chi connectivity index (χ4v) is 5.54. The third-order valence-corrected chi connectivity index (χ3v) is 5.42. The average molecular weight is 173 g/mol. The minimum atomic E-state index is -1.42. The molecule has 0 aromatic rings. The summed E-state index contributed by atoms with van der Waals surface area (Å²) in [7, 11) is -1.42. The van der Waals surface area contributed by atoms with E-state index < -0.39 is 8.24 Å². The molecule has 0 aliphatic heterocycles. The van der Waals surface area contributed by atoms with Gasteiger partial charge in [0.2, 0.25) is 0 Å². The average Bonchev–Trinajstić information content (AvgIpc) is 1.56. The van der Waals surface area contributed by atoms with E-state index in [1.54, 1.807) is 0 Å². The molecule has 2 heteroatoms. The zero-order valence-electron chi connectivity index (χ0n) is 8.86. The molecule has 0 aromatic carbocycles. The summed E-state index contributed by atoms with van der Waals surface area (Å²) >= 11 is 0. The second kappa shape index (κ2) is 3.28. The van der Waals surface area contributed by atoms with Crippen LogP contribution in [-0.4, -0.2) is 8.24 Å². The standard InChI is InChI=1S/C9H23NSi/c1-7-8(9(2,3)4)11(5,6)10/h8H,7,10H2,1-6H3. The first-order valence-electron chi connectivity index (χ1n) is 4.48. The van der Waals surface area contributed by atoms with Crippen LogP contribution in [0.3, 0.4) is 0 Å². The normalized spacial score (nSPS) is 16.6. The van der Waals surface area contributed by atoms with E-state index in [0.717, 1.165) is 5.54 Å². The van der Waals surface area contributed by atoms with Gasteiger partial charge in [0.1, 0.15) is 8.24 Å². The molecule has 0 radical (unpaired) electrons. The monoisotopic (exact) mass is 173 g/mol. The first kappa shape index (κ1) is 11.2. The highest BCUT2D eigenvalue weighted by molar-refractivity contribution is 6.75. The maximum atomic E-state index is 6.22. The fraction of sp³-hybridized carbons (Fsp3) is 1.00. The van der Waals surface area contributed by atoms with Gasteiger partial charge in [0, 0.05) is 0 Å². The predicted molar refractivity (Wildman–Crippen MR) is 55.2 cm³/mol. The lowest BCUT2D eigenvalue weighted by molar-refractivity contribution is 0.362. The lowest BCUT2D eigenvalue weighted by atomic mass is 9.90. The lowest BCUT2D eigenvalue weighted by Crippen LogP contribution is -2.48. The van der Waals surface area contributed by atoms with Crippen molar-refractivity contribution in [3.05, 3.63) is 0 Å². The highest BCUT2D eigenvalue weighted by atomic mass is 28.3. The maximum absolute atomic E-state index is 6.22. The topological polar surface area (TPSA) is 26.0 Å². The van der Waals surface area contributed by atoms with Gasteiger partial charge in [-0.3, -0.25) is 0 Å². The van der Waals surface area contributed by atoms with Crippen LogP contribution >= 0.6 is 0 Å². The van der Waals surface area contributed by atoms with Crippen molar-refractivity contribution in [3.63, 3.8) is 0 Å². The third kappa shape index (κ3) is 3.39. The van der Waals surface area contributed by atoms with Crippen molar-refractivity contribution in [1.82, 2.24) is 0 Å². The highest BCUT2D eigenvalue weighted by Crippen LogP contribution is 2.39. The summed E-state index contributed by atoms with van der Waals surface area (Å²) in [4.78, 5) is 0. The molecule has 68 valence electrons. The Bertz CT molecular complexity index is 105. The van der Waals surface area contributed by atoms with E-state index >= 15 is 0 Å². The van der Waals surface area contributed by atoms with Crippen molar-refractivity contribution in [1.29, 1.82) is 0 Å². The van der Waals surface area contributed by atoms with E-state index in [1.807, 2.05) is 0 Å². The molecule has 0 rings (SSSR count). The first-order valence-corrected chi connectivity index (χ1v) is 7.64. The van der Waals surface area contributed by atoms with Gasteiger partial charge in [-0.2, -0.15) is 0 Å². The minimum Gasteiger partial charge on any atom is -0.351 e. The molecule has 11 heavy (non-hydrogen) atoms.